The molecule has 0 aromatic heterocycles. The predicted molar refractivity (Wildman–Crippen MR) is 62.9 cm³/mol. The Morgan fingerprint density at radius 3 is 2.27 bits per heavy atom. The summed E-state index contributed by atoms with van der Waals surface area (Å²) in [5.74, 6) is 0.250. The number of nitrogens with one attached hydrogen (secondary N) is 1. The van der Waals surface area contributed by atoms with Crippen molar-refractivity contribution in [2.45, 2.75) is 32.8 Å². The van der Waals surface area contributed by atoms with Crippen molar-refractivity contribution in [2.75, 3.05) is 31.7 Å². The van der Waals surface area contributed by atoms with Crippen LogP contribution in [0.2, 0.25) is 0 Å². The van der Waals surface area contributed by atoms with Crippen LogP contribution in [-0.2, 0) is 14.6 Å². The van der Waals surface area contributed by atoms with Gasteiger partial charge >= 0.3 is 0 Å². The number of sulfone groups is 1. The molecule has 92 valence electrons. The van der Waals surface area contributed by atoms with Crippen LogP contribution in [0.3, 0.4) is 0 Å². The highest BCUT2D eigenvalue weighted by atomic mass is 32.2. The highest BCUT2D eigenvalue weighted by molar-refractivity contribution is 7.90. The molecule has 0 unspecified atom stereocenters. The van der Waals surface area contributed by atoms with E-state index in [1.54, 1.807) is 0 Å². The van der Waals surface area contributed by atoms with Gasteiger partial charge in [0.1, 0.15) is 9.84 Å². The number of ether oxygens (including phenoxy) is 1. The van der Waals surface area contributed by atoms with Gasteiger partial charge in [0.15, 0.2) is 0 Å². The molecule has 0 aliphatic heterocycles. The van der Waals surface area contributed by atoms with Crippen molar-refractivity contribution >= 4 is 9.84 Å². The maximum atomic E-state index is 10.8. The first-order valence-electron chi connectivity index (χ1n) is 5.23. The molecule has 0 atom stereocenters. The average Bonchev–Trinajstić information content (AvgIpc) is 1.98. The number of hydrogen-bond donors (Lipinski definition) is 1. The van der Waals surface area contributed by atoms with E-state index in [9.17, 15) is 8.42 Å². The Morgan fingerprint density at radius 1 is 1.20 bits per heavy atom. The van der Waals surface area contributed by atoms with E-state index in [0.29, 0.717) is 13.0 Å². The Bertz CT molecular complexity index is 254. The molecule has 5 heteroatoms. The molecular weight excluding hydrogens is 214 g/mol. The van der Waals surface area contributed by atoms with Gasteiger partial charge in [-0.1, -0.05) is 0 Å². The molecule has 0 aromatic carbocycles. The fraction of sp³-hybridized carbons (Fsp3) is 1.00. The molecule has 0 amide bonds. The molecule has 1 N–H and O–H groups in total. The van der Waals surface area contributed by atoms with Crippen LogP contribution in [0.25, 0.3) is 0 Å². The Hall–Kier alpha value is -0.130. The monoisotopic (exact) mass is 237 g/mol. The SMILES string of the molecule is CC(C)(C)OCCNCCCS(C)(=O)=O. The van der Waals surface area contributed by atoms with Crippen molar-refractivity contribution in [3.8, 4) is 0 Å². The zero-order valence-corrected chi connectivity index (χ0v) is 11.0. The summed E-state index contributed by atoms with van der Waals surface area (Å²) in [5.41, 5.74) is -0.103. The minimum atomic E-state index is -2.81. The van der Waals surface area contributed by atoms with Gasteiger partial charge in [-0.25, -0.2) is 8.42 Å². The first-order chi connectivity index (χ1) is 6.71. The van der Waals surface area contributed by atoms with E-state index in [0.717, 1.165) is 13.1 Å². The lowest BCUT2D eigenvalue weighted by Crippen LogP contribution is -2.27. The van der Waals surface area contributed by atoms with Crippen LogP contribution in [0.15, 0.2) is 0 Å². The van der Waals surface area contributed by atoms with Crippen molar-refractivity contribution in [1.82, 2.24) is 5.32 Å². The van der Waals surface area contributed by atoms with Crippen LogP contribution in [0.1, 0.15) is 27.2 Å². The maximum absolute atomic E-state index is 10.8. The van der Waals surface area contributed by atoms with Crippen LogP contribution >= 0.6 is 0 Å². The summed E-state index contributed by atoms with van der Waals surface area (Å²) in [4.78, 5) is 0. The summed E-state index contributed by atoms with van der Waals surface area (Å²) in [6.45, 7) is 8.17. The van der Waals surface area contributed by atoms with Crippen LogP contribution in [-0.4, -0.2) is 45.7 Å². The molecule has 0 fully saturated rings. The largest absolute Gasteiger partial charge is 0.375 e. The molecule has 0 saturated heterocycles. The molecule has 0 heterocycles. The molecule has 0 aliphatic rings. The predicted octanol–water partition coefficient (Wildman–Crippen LogP) is 0.826. The standard InChI is InChI=1S/C10H23NO3S/c1-10(2,3)14-8-7-11-6-5-9-15(4,12)13/h11H,5-9H2,1-4H3. The Morgan fingerprint density at radius 2 is 1.80 bits per heavy atom. The minimum Gasteiger partial charge on any atom is -0.375 e. The smallest absolute Gasteiger partial charge is 0.147 e. The lowest BCUT2D eigenvalue weighted by Gasteiger charge is -2.19. The summed E-state index contributed by atoms with van der Waals surface area (Å²) in [6.07, 6.45) is 1.92. The van der Waals surface area contributed by atoms with Gasteiger partial charge in [-0.05, 0) is 33.7 Å². The summed E-state index contributed by atoms with van der Waals surface area (Å²) in [5, 5.41) is 3.14. The molecule has 0 rings (SSSR count). The third-order valence-corrected chi connectivity index (χ3v) is 2.71. The zero-order valence-electron chi connectivity index (χ0n) is 10.2. The Labute approximate surface area is 93.3 Å². The van der Waals surface area contributed by atoms with E-state index < -0.39 is 9.84 Å². The first-order valence-corrected chi connectivity index (χ1v) is 7.29. The lowest BCUT2D eigenvalue weighted by molar-refractivity contribution is -0.000719. The third-order valence-electron chi connectivity index (χ3n) is 1.68. The van der Waals surface area contributed by atoms with Gasteiger partial charge in [0.05, 0.1) is 18.0 Å². The Balaban J connectivity index is 3.27. The summed E-state index contributed by atoms with van der Waals surface area (Å²) < 4.78 is 27.1. The van der Waals surface area contributed by atoms with Gasteiger partial charge in [-0.2, -0.15) is 0 Å². The van der Waals surface area contributed by atoms with E-state index >= 15 is 0 Å². The van der Waals surface area contributed by atoms with Crippen molar-refractivity contribution in [3.05, 3.63) is 0 Å². The molecule has 0 saturated carbocycles. The molecule has 15 heavy (non-hydrogen) atoms. The number of hydrogen-bond acceptors (Lipinski definition) is 4. The normalized spacial score (nSPS) is 13.1. The van der Waals surface area contributed by atoms with Crippen molar-refractivity contribution < 1.29 is 13.2 Å². The van der Waals surface area contributed by atoms with Gasteiger partial charge in [0, 0.05) is 12.8 Å². The quantitative estimate of drug-likeness (QED) is 0.666. The van der Waals surface area contributed by atoms with Gasteiger partial charge in [0.2, 0.25) is 0 Å². The molecule has 0 aromatic rings. The first kappa shape index (κ1) is 14.9. The second kappa shape index (κ2) is 6.45. The molecular formula is C10H23NO3S. The second-order valence-corrected chi connectivity index (χ2v) is 6.95. The molecule has 0 aliphatic carbocycles. The van der Waals surface area contributed by atoms with E-state index in [4.69, 9.17) is 4.74 Å². The topological polar surface area (TPSA) is 55.4 Å². The number of rotatable bonds is 7. The molecule has 0 radical (unpaired) electrons. The average molecular weight is 237 g/mol. The second-order valence-electron chi connectivity index (χ2n) is 4.69. The van der Waals surface area contributed by atoms with Crippen LogP contribution < -0.4 is 5.32 Å². The fourth-order valence-corrected chi connectivity index (χ4v) is 1.68. The molecule has 4 nitrogen and oxygen atoms in total. The highest BCUT2D eigenvalue weighted by Gasteiger charge is 2.08. The van der Waals surface area contributed by atoms with Crippen molar-refractivity contribution in [1.29, 1.82) is 0 Å². The zero-order chi connectivity index (χ0) is 11.9. The van der Waals surface area contributed by atoms with E-state index in [1.165, 1.54) is 6.26 Å². The van der Waals surface area contributed by atoms with Crippen molar-refractivity contribution in [3.63, 3.8) is 0 Å². The summed E-state index contributed by atoms with van der Waals surface area (Å²) in [7, 11) is -2.81. The van der Waals surface area contributed by atoms with E-state index in [1.807, 2.05) is 20.8 Å². The van der Waals surface area contributed by atoms with Gasteiger partial charge in [-0.3, -0.25) is 0 Å². The van der Waals surface area contributed by atoms with Crippen molar-refractivity contribution in [2.24, 2.45) is 0 Å². The van der Waals surface area contributed by atoms with Gasteiger partial charge in [-0.15, -0.1) is 0 Å². The molecule has 0 bridgehead atoms. The van der Waals surface area contributed by atoms with Crippen LogP contribution in [0, 0.1) is 0 Å². The third kappa shape index (κ3) is 13.9. The summed E-state index contributed by atoms with van der Waals surface area (Å²) in [6, 6.07) is 0. The van der Waals surface area contributed by atoms with Crippen LogP contribution in [0.5, 0.6) is 0 Å². The highest BCUT2D eigenvalue weighted by Crippen LogP contribution is 2.04. The Kier molecular flexibility index (Phi) is 6.40. The van der Waals surface area contributed by atoms with Gasteiger partial charge < -0.3 is 10.1 Å². The molecule has 0 spiro atoms. The van der Waals surface area contributed by atoms with Gasteiger partial charge in [0.25, 0.3) is 0 Å². The summed E-state index contributed by atoms with van der Waals surface area (Å²) >= 11 is 0. The minimum absolute atomic E-state index is 0.103. The fourth-order valence-electron chi connectivity index (χ4n) is 1.01. The lowest BCUT2D eigenvalue weighted by atomic mass is 10.2. The van der Waals surface area contributed by atoms with Crippen LogP contribution in [0.4, 0.5) is 0 Å². The van der Waals surface area contributed by atoms with E-state index in [-0.39, 0.29) is 11.4 Å². The maximum Gasteiger partial charge on any atom is 0.147 e. The van der Waals surface area contributed by atoms with E-state index in [2.05, 4.69) is 5.32 Å².